The van der Waals surface area contributed by atoms with Crippen LogP contribution in [0.15, 0.2) is 36.7 Å². The van der Waals surface area contributed by atoms with Gasteiger partial charge < -0.3 is 10.2 Å². The van der Waals surface area contributed by atoms with E-state index in [4.69, 9.17) is 11.6 Å². The molecule has 0 amide bonds. The first-order valence-corrected chi connectivity index (χ1v) is 6.25. The van der Waals surface area contributed by atoms with Crippen molar-refractivity contribution in [1.82, 2.24) is 4.98 Å². The molecule has 100 valence electrons. The highest BCUT2D eigenvalue weighted by Crippen LogP contribution is 2.23. The van der Waals surface area contributed by atoms with Crippen molar-refractivity contribution in [2.45, 2.75) is 6.54 Å². The second-order valence-electron chi connectivity index (χ2n) is 4.38. The van der Waals surface area contributed by atoms with E-state index in [2.05, 4.69) is 10.3 Å². The maximum Gasteiger partial charge on any atom is 0.128 e. The number of rotatable bonds is 4. The summed E-state index contributed by atoms with van der Waals surface area (Å²) in [5.41, 5.74) is 2.38. The zero-order valence-corrected chi connectivity index (χ0v) is 11.6. The van der Waals surface area contributed by atoms with Crippen molar-refractivity contribution >= 4 is 23.0 Å². The zero-order valence-electron chi connectivity index (χ0n) is 10.8. The molecular weight excluding hydrogens is 265 g/mol. The highest BCUT2D eigenvalue weighted by Gasteiger charge is 2.06. The number of hydrogen-bond donors (Lipinski definition) is 1. The Morgan fingerprint density at radius 3 is 2.84 bits per heavy atom. The Morgan fingerprint density at radius 1 is 1.32 bits per heavy atom. The summed E-state index contributed by atoms with van der Waals surface area (Å²) in [6.07, 6.45) is 3.44. The summed E-state index contributed by atoms with van der Waals surface area (Å²) in [5, 5.41) is 3.70. The van der Waals surface area contributed by atoms with Gasteiger partial charge in [0.2, 0.25) is 0 Å². The molecule has 0 saturated heterocycles. The van der Waals surface area contributed by atoms with Gasteiger partial charge in [-0.2, -0.15) is 0 Å². The Labute approximate surface area is 117 Å². The second kappa shape index (κ2) is 5.89. The van der Waals surface area contributed by atoms with Crippen LogP contribution in [-0.4, -0.2) is 19.1 Å². The average Bonchev–Trinajstić information content (AvgIpc) is 2.40. The van der Waals surface area contributed by atoms with Gasteiger partial charge in [0.25, 0.3) is 0 Å². The molecule has 2 aromatic rings. The van der Waals surface area contributed by atoms with Crippen LogP contribution in [0.25, 0.3) is 0 Å². The molecule has 2 rings (SSSR count). The molecule has 0 radical (unpaired) electrons. The molecule has 0 aliphatic heterocycles. The number of anilines is 2. The molecule has 5 heteroatoms. The minimum atomic E-state index is -0.271. The molecule has 1 heterocycles. The first kappa shape index (κ1) is 13.6. The maximum absolute atomic E-state index is 13.6. The van der Waals surface area contributed by atoms with E-state index in [9.17, 15) is 4.39 Å². The third-order valence-corrected chi connectivity index (χ3v) is 2.99. The van der Waals surface area contributed by atoms with Crippen molar-refractivity contribution in [3.63, 3.8) is 0 Å². The monoisotopic (exact) mass is 279 g/mol. The minimum Gasteiger partial charge on any atom is -0.378 e. The molecule has 0 fully saturated rings. The molecule has 0 bridgehead atoms. The normalized spacial score (nSPS) is 10.3. The summed E-state index contributed by atoms with van der Waals surface area (Å²) in [4.78, 5) is 6.04. The number of hydrogen-bond acceptors (Lipinski definition) is 3. The van der Waals surface area contributed by atoms with Crippen LogP contribution in [0.3, 0.4) is 0 Å². The predicted molar refractivity (Wildman–Crippen MR) is 77.3 cm³/mol. The van der Waals surface area contributed by atoms with Gasteiger partial charge in [-0.1, -0.05) is 11.6 Å². The van der Waals surface area contributed by atoms with Crippen molar-refractivity contribution in [1.29, 1.82) is 0 Å². The highest BCUT2D eigenvalue weighted by atomic mass is 35.5. The van der Waals surface area contributed by atoms with Gasteiger partial charge in [0.15, 0.2) is 0 Å². The van der Waals surface area contributed by atoms with Crippen LogP contribution >= 0.6 is 11.6 Å². The topological polar surface area (TPSA) is 28.2 Å². The van der Waals surface area contributed by atoms with Crippen LogP contribution in [0.5, 0.6) is 0 Å². The van der Waals surface area contributed by atoms with Crippen molar-refractivity contribution in [3.8, 4) is 0 Å². The fourth-order valence-corrected chi connectivity index (χ4v) is 1.98. The molecule has 0 aliphatic rings. The molecule has 1 aromatic carbocycles. The summed E-state index contributed by atoms with van der Waals surface area (Å²) >= 11 is 5.87. The van der Waals surface area contributed by atoms with Gasteiger partial charge in [0.1, 0.15) is 5.82 Å². The lowest BCUT2D eigenvalue weighted by Gasteiger charge is -2.18. The lowest BCUT2D eigenvalue weighted by atomic mass is 10.2. The van der Waals surface area contributed by atoms with E-state index in [1.807, 2.05) is 25.1 Å². The molecule has 1 aromatic heterocycles. The van der Waals surface area contributed by atoms with E-state index in [-0.39, 0.29) is 5.82 Å². The van der Waals surface area contributed by atoms with E-state index in [1.165, 1.54) is 12.1 Å². The van der Waals surface area contributed by atoms with Gasteiger partial charge in [-0.25, -0.2) is 4.39 Å². The van der Waals surface area contributed by atoms with E-state index in [0.29, 0.717) is 17.1 Å². The van der Waals surface area contributed by atoms with Crippen molar-refractivity contribution in [2.75, 3.05) is 24.3 Å². The Hall–Kier alpha value is -1.81. The summed E-state index contributed by atoms with van der Waals surface area (Å²) < 4.78 is 13.6. The van der Waals surface area contributed by atoms with Crippen LogP contribution in [0.1, 0.15) is 5.56 Å². The lowest BCUT2D eigenvalue weighted by Crippen LogP contribution is -2.12. The van der Waals surface area contributed by atoms with Gasteiger partial charge >= 0.3 is 0 Å². The zero-order chi connectivity index (χ0) is 13.8. The highest BCUT2D eigenvalue weighted by molar-refractivity contribution is 6.30. The predicted octanol–water partition coefficient (Wildman–Crippen LogP) is 3.55. The Bertz CT molecular complexity index is 572. The Balaban J connectivity index is 2.17. The number of aromatic nitrogens is 1. The van der Waals surface area contributed by atoms with Gasteiger partial charge in [0.05, 0.1) is 17.6 Å². The summed E-state index contributed by atoms with van der Waals surface area (Å²) in [5.74, 6) is -0.271. The van der Waals surface area contributed by atoms with E-state index in [0.717, 1.165) is 11.4 Å². The largest absolute Gasteiger partial charge is 0.378 e. The average molecular weight is 280 g/mol. The van der Waals surface area contributed by atoms with Gasteiger partial charge in [0, 0.05) is 37.4 Å². The number of nitrogens with one attached hydrogen (secondary N) is 1. The van der Waals surface area contributed by atoms with E-state index < -0.39 is 0 Å². The third kappa shape index (κ3) is 3.35. The number of benzene rings is 1. The minimum absolute atomic E-state index is 0.271. The molecule has 19 heavy (non-hydrogen) atoms. The Kier molecular flexibility index (Phi) is 4.22. The van der Waals surface area contributed by atoms with Crippen LogP contribution in [-0.2, 0) is 6.54 Å². The van der Waals surface area contributed by atoms with Crippen molar-refractivity contribution in [2.24, 2.45) is 0 Å². The smallest absolute Gasteiger partial charge is 0.128 e. The van der Waals surface area contributed by atoms with E-state index in [1.54, 1.807) is 18.5 Å². The molecule has 0 spiro atoms. The van der Waals surface area contributed by atoms with Crippen molar-refractivity contribution in [3.05, 3.63) is 53.1 Å². The second-order valence-corrected chi connectivity index (χ2v) is 4.81. The fourth-order valence-electron chi connectivity index (χ4n) is 1.78. The van der Waals surface area contributed by atoms with Crippen LogP contribution in [0, 0.1) is 5.82 Å². The molecule has 3 nitrogen and oxygen atoms in total. The quantitative estimate of drug-likeness (QED) is 0.928. The summed E-state index contributed by atoms with van der Waals surface area (Å²) in [6, 6.07) is 6.43. The van der Waals surface area contributed by atoms with Crippen LogP contribution < -0.4 is 10.2 Å². The van der Waals surface area contributed by atoms with Crippen molar-refractivity contribution < 1.29 is 4.39 Å². The lowest BCUT2D eigenvalue weighted by molar-refractivity contribution is 0.613. The first-order valence-electron chi connectivity index (χ1n) is 5.87. The maximum atomic E-state index is 13.6. The summed E-state index contributed by atoms with van der Waals surface area (Å²) in [6.45, 7) is 0.360. The molecule has 1 N–H and O–H groups in total. The van der Waals surface area contributed by atoms with Gasteiger partial charge in [-0.05, 0) is 24.3 Å². The van der Waals surface area contributed by atoms with Gasteiger partial charge in [-0.15, -0.1) is 0 Å². The number of pyridine rings is 1. The number of halogens is 2. The van der Waals surface area contributed by atoms with E-state index >= 15 is 0 Å². The molecule has 0 atom stereocenters. The first-order chi connectivity index (χ1) is 9.08. The molecular formula is C14H15ClFN3. The van der Waals surface area contributed by atoms with Gasteiger partial charge in [-0.3, -0.25) is 4.98 Å². The SMILES string of the molecule is CN(C)c1ccncc1NCc1cc(Cl)ccc1F. The van der Waals surface area contributed by atoms with Crippen LogP contribution in [0.2, 0.25) is 5.02 Å². The van der Waals surface area contributed by atoms with Crippen LogP contribution in [0.4, 0.5) is 15.8 Å². The molecule has 0 aliphatic carbocycles. The molecule has 0 saturated carbocycles. The third-order valence-electron chi connectivity index (χ3n) is 2.76. The fraction of sp³-hybridized carbons (Fsp3) is 0.214. The molecule has 0 unspecified atom stereocenters. The number of nitrogens with zero attached hydrogens (tertiary/aromatic N) is 2. The Morgan fingerprint density at radius 2 is 2.11 bits per heavy atom. The summed E-state index contributed by atoms with van der Waals surface area (Å²) in [7, 11) is 3.89. The standard InChI is InChI=1S/C14H15ClFN3/c1-19(2)14-5-6-17-9-13(14)18-8-10-7-11(15)3-4-12(10)16/h3-7,9,18H,8H2,1-2H3.